The lowest BCUT2D eigenvalue weighted by Gasteiger charge is -2.22. The number of pyridine rings is 1. The second kappa shape index (κ2) is 6.69. The van der Waals surface area contributed by atoms with Crippen LogP contribution in [0.25, 0.3) is 0 Å². The molecule has 3 rings (SSSR count). The Morgan fingerprint density at radius 2 is 1.83 bits per heavy atom. The van der Waals surface area contributed by atoms with Crippen LogP contribution in [0.1, 0.15) is 66.1 Å². The molecule has 1 fully saturated rings. The van der Waals surface area contributed by atoms with Gasteiger partial charge in [0.15, 0.2) is 0 Å². The molecule has 0 amide bonds. The summed E-state index contributed by atoms with van der Waals surface area (Å²) in [5, 5.41) is 10.2. The van der Waals surface area contributed by atoms with Crippen LogP contribution in [0.15, 0.2) is 24.3 Å². The topological polar surface area (TPSA) is 33.1 Å². The molecule has 1 heterocycles. The molecule has 1 aliphatic carbocycles. The van der Waals surface area contributed by atoms with E-state index in [9.17, 15) is 9.50 Å². The van der Waals surface area contributed by atoms with Crippen molar-refractivity contribution in [2.24, 2.45) is 0 Å². The van der Waals surface area contributed by atoms with Crippen LogP contribution in [0, 0.1) is 19.7 Å². The van der Waals surface area contributed by atoms with Gasteiger partial charge in [-0.05, 0) is 61.6 Å². The lowest BCUT2D eigenvalue weighted by atomic mass is 9.86. The molecule has 1 N–H and O–H groups in total. The molecule has 0 radical (unpaired) electrons. The molecule has 1 aromatic carbocycles. The SMILES string of the molecule is Cc1ccc(F)c(C)c1Cc1ccc(O)c(C2CCCCC2)n1. The van der Waals surface area contributed by atoms with Gasteiger partial charge in [-0.25, -0.2) is 4.39 Å². The number of hydrogen-bond acceptors (Lipinski definition) is 2. The van der Waals surface area contributed by atoms with Gasteiger partial charge in [0.25, 0.3) is 0 Å². The minimum atomic E-state index is -0.170. The maximum Gasteiger partial charge on any atom is 0.137 e. The summed E-state index contributed by atoms with van der Waals surface area (Å²) in [6.45, 7) is 3.82. The van der Waals surface area contributed by atoms with Gasteiger partial charge in [0.05, 0.1) is 5.69 Å². The second-order valence-corrected chi connectivity index (χ2v) is 6.69. The number of benzene rings is 1. The first-order valence-electron chi connectivity index (χ1n) is 8.49. The average Bonchev–Trinajstić information content (AvgIpc) is 2.57. The van der Waals surface area contributed by atoms with Crippen molar-refractivity contribution in [1.29, 1.82) is 0 Å². The van der Waals surface area contributed by atoms with E-state index in [1.807, 2.05) is 26.0 Å². The highest BCUT2D eigenvalue weighted by Crippen LogP contribution is 2.36. The first-order valence-corrected chi connectivity index (χ1v) is 8.49. The monoisotopic (exact) mass is 313 g/mol. The fraction of sp³-hybridized carbons (Fsp3) is 0.450. The summed E-state index contributed by atoms with van der Waals surface area (Å²) in [7, 11) is 0. The predicted octanol–water partition coefficient (Wildman–Crippen LogP) is 5.18. The quantitative estimate of drug-likeness (QED) is 0.846. The van der Waals surface area contributed by atoms with Crippen molar-refractivity contribution in [1.82, 2.24) is 4.98 Å². The summed E-state index contributed by atoms with van der Waals surface area (Å²) in [5.41, 5.74) is 4.50. The number of rotatable bonds is 3. The molecule has 0 spiro atoms. The van der Waals surface area contributed by atoms with Crippen molar-refractivity contribution in [3.05, 3.63) is 58.2 Å². The van der Waals surface area contributed by atoms with Crippen LogP contribution in [-0.2, 0) is 6.42 Å². The van der Waals surface area contributed by atoms with Crippen LogP contribution in [0.5, 0.6) is 5.75 Å². The zero-order chi connectivity index (χ0) is 16.4. The predicted molar refractivity (Wildman–Crippen MR) is 90.4 cm³/mol. The molecule has 0 aliphatic heterocycles. The van der Waals surface area contributed by atoms with Crippen LogP contribution in [0.2, 0.25) is 0 Å². The largest absolute Gasteiger partial charge is 0.506 e. The summed E-state index contributed by atoms with van der Waals surface area (Å²) in [5.74, 6) is 0.489. The molecule has 0 bridgehead atoms. The molecular weight excluding hydrogens is 289 g/mol. The maximum absolute atomic E-state index is 13.8. The number of aromatic hydroxyl groups is 1. The van der Waals surface area contributed by atoms with Crippen molar-refractivity contribution >= 4 is 0 Å². The average molecular weight is 313 g/mol. The molecule has 2 nitrogen and oxygen atoms in total. The zero-order valence-corrected chi connectivity index (χ0v) is 13.9. The maximum atomic E-state index is 13.8. The van der Waals surface area contributed by atoms with Crippen molar-refractivity contribution < 1.29 is 9.50 Å². The molecule has 3 heteroatoms. The van der Waals surface area contributed by atoms with E-state index in [0.717, 1.165) is 35.4 Å². The number of aryl methyl sites for hydroxylation is 1. The Bertz CT molecular complexity index is 705. The Kier molecular flexibility index (Phi) is 4.65. The van der Waals surface area contributed by atoms with Gasteiger partial charge in [-0.3, -0.25) is 4.98 Å². The van der Waals surface area contributed by atoms with E-state index in [-0.39, 0.29) is 5.82 Å². The van der Waals surface area contributed by atoms with Crippen molar-refractivity contribution in [3.8, 4) is 5.75 Å². The molecule has 0 saturated heterocycles. The summed E-state index contributed by atoms with van der Waals surface area (Å²) >= 11 is 0. The van der Waals surface area contributed by atoms with Crippen LogP contribution < -0.4 is 0 Å². The van der Waals surface area contributed by atoms with E-state index in [1.54, 1.807) is 6.07 Å². The van der Waals surface area contributed by atoms with Crippen molar-refractivity contribution in [2.75, 3.05) is 0 Å². The number of hydrogen-bond donors (Lipinski definition) is 1. The van der Waals surface area contributed by atoms with Gasteiger partial charge in [-0.1, -0.05) is 25.3 Å². The van der Waals surface area contributed by atoms with Gasteiger partial charge in [0.2, 0.25) is 0 Å². The second-order valence-electron chi connectivity index (χ2n) is 6.69. The lowest BCUT2D eigenvalue weighted by molar-refractivity contribution is 0.405. The van der Waals surface area contributed by atoms with E-state index in [1.165, 1.54) is 25.3 Å². The van der Waals surface area contributed by atoms with Gasteiger partial charge in [0, 0.05) is 18.0 Å². The molecule has 1 saturated carbocycles. The number of nitrogens with zero attached hydrogens (tertiary/aromatic N) is 1. The van der Waals surface area contributed by atoms with Gasteiger partial charge in [0.1, 0.15) is 11.6 Å². The minimum Gasteiger partial charge on any atom is -0.506 e. The Balaban J connectivity index is 1.91. The zero-order valence-electron chi connectivity index (χ0n) is 13.9. The molecular formula is C20H24FNO. The number of aromatic nitrogens is 1. The van der Waals surface area contributed by atoms with Gasteiger partial charge in [-0.15, -0.1) is 0 Å². The van der Waals surface area contributed by atoms with Gasteiger partial charge < -0.3 is 5.11 Å². The molecule has 2 aromatic rings. The molecule has 0 unspecified atom stereocenters. The Labute approximate surface area is 137 Å². The van der Waals surface area contributed by atoms with Crippen LogP contribution >= 0.6 is 0 Å². The Hall–Kier alpha value is -1.90. The smallest absolute Gasteiger partial charge is 0.137 e. The van der Waals surface area contributed by atoms with Gasteiger partial charge >= 0.3 is 0 Å². The highest BCUT2D eigenvalue weighted by atomic mass is 19.1. The van der Waals surface area contributed by atoms with Crippen LogP contribution in [0.3, 0.4) is 0 Å². The normalized spacial score (nSPS) is 15.8. The summed E-state index contributed by atoms with van der Waals surface area (Å²) in [6.07, 6.45) is 6.49. The van der Waals surface area contributed by atoms with E-state index in [4.69, 9.17) is 4.98 Å². The van der Waals surface area contributed by atoms with Crippen molar-refractivity contribution in [2.45, 2.75) is 58.3 Å². The Morgan fingerprint density at radius 1 is 1.09 bits per heavy atom. The van der Waals surface area contributed by atoms with Gasteiger partial charge in [-0.2, -0.15) is 0 Å². The van der Waals surface area contributed by atoms with E-state index in [2.05, 4.69) is 0 Å². The van der Waals surface area contributed by atoms with Crippen molar-refractivity contribution in [3.63, 3.8) is 0 Å². The minimum absolute atomic E-state index is 0.170. The highest BCUT2D eigenvalue weighted by molar-refractivity contribution is 5.39. The first-order chi connectivity index (χ1) is 11.1. The fourth-order valence-electron chi connectivity index (χ4n) is 3.60. The van der Waals surface area contributed by atoms with Crippen LogP contribution in [-0.4, -0.2) is 10.1 Å². The summed E-state index contributed by atoms with van der Waals surface area (Å²) in [4.78, 5) is 4.73. The molecule has 23 heavy (non-hydrogen) atoms. The first kappa shape index (κ1) is 16.0. The standard InChI is InChI=1S/C20H24FNO/c1-13-8-10-18(21)14(2)17(13)12-16-9-11-19(23)20(22-16)15-6-4-3-5-7-15/h8-11,15,23H,3-7,12H2,1-2H3. The fourth-order valence-corrected chi connectivity index (χ4v) is 3.60. The summed E-state index contributed by atoms with van der Waals surface area (Å²) in [6, 6.07) is 6.94. The molecule has 1 aliphatic rings. The third-order valence-electron chi connectivity index (χ3n) is 5.08. The highest BCUT2D eigenvalue weighted by Gasteiger charge is 2.20. The molecule has 1 aromatic heterocycles. The molecule has 122 valence electrons. The Morgan fingerprint density at radius 3 is 2.57 bits per heavy atom. The number of halogens is 1. The lowest BCUT2D eigenvalue weighted by Crippen LogP contribution is -2.09. The third-order valence-corrected chi connectivity index (χ3v) is 5.08. The van der Waals surface area contributed by atoms with E-state index in [0.29, 0.717) is 23.7 Å². The van der Waals surface area contributed by atoms with Crippen LogP contribution in [0.4, 0.5) is 4.39 Å². The molecule has 0 atom stereocenters. The summed E-state index contributed by atoms with van der Waals surface area (Å²) < 4.78 is 13.8. The van der Waals surface area contributed by atoms with E-state index < -0.39 is 0 Å². The third kappa shape index (κ3) is 3.39. The van der Waals surface area contributed by atoms with E-state index >= 15 is 0 Å².